The fourth-order valence-electron chi connectivity index (χ4n) is 1.10. The molecule has 0 radical (unpaired) electrons. The van der Waals surface area contributed by atoms with E-state index in [1.165, 1.54) is 7.11 Å². The standard InChI is InChI=1S/C8H10F3N3O/c1-15-6(12)3-2-5-4-13-14-7(5)8(9,10)11/h4,12H,2-3H2,1H3,(H,13,14). The first kappa shape index (κ1) is 11.5. The number of rotatable bonds is 3. The topological polar surface area (TPSA) is 61.8 Å². The fraction of sp³-hybridized carbons (Fsp3) is 0.500. The number of H-pyrrole nitrogens is 1. The average molecular weight is 221 g/mol. The second kappa shape index (κ2) is 4.33. The molecule has 0 amide bonds. The zero-order valence-corrected chi connectivity index (χ0v) is 7.98. The maximum atomic E-state index is 12.3. The molecule has 0 aliphatic carbocycles. The van der Waals surface area contributed by atoms with Crippen LogP contribution in [0.25, 0.3) is 0 Å². The van der Waals surface area contributed by atoms with Crippen LogP contribution in [0.4, 0.5) is 13.2 Å². The lowest BCUT2D eigenvalue weighted by Gasteiger charge is -2.06. The number of methoxy groups -OCH3 is 1. The number of aromatic nitrogens is 2. The molecule has 0 aromatic carbocycles. The SMILES string of the molecule is COC(=N)CCc1cn[nH]c1C(F)(F)F. The van der Waals surface area contributed by atoms with Gasteiger partial charge in [0.25, 0.3) is 0 Å². The van der Waals surface area contributed by atoms with Crippen LogP contribution in [0.2, 0.25) is 0 Å². The van der Waals surface area contributed by atoms with Crippen LogP contribution in [-0.2, 0) is 17.3 Å². The Morgan fingerprint density at radius 2 is 2.27 bits per heavy atom. The Bertz CT molecular complexity index is 345. The Morgan fingerprint density at radius 1 is 1.60 bits per heavy atom. The van der Waals surface area contributed by atoms with E-state index in [0.29, 0.717) is 0 Å². The highest BCUT2D eigenvalue weighted by Gasteiger charge is 2.35. The maximum Gasteiger partial charge on any atom is 0.433 e. The van der Waals surface area contributed by atoms with Crippen LogP contribution in [0, 0.1) is 5.41 Å². The Kier molecular flexibility index (Phi) is 3.33. The van der Waals surface area contributed by atoms with Crippen molar-refractivity contribution in [3.63, 3.8) is 0 Å². The van der Waals surface area contributed by atoms with Crippen LogP contribution in [-0.4, -0.2) is 23.2 Å². The van der Waals surface area contributed by atoms with Crippen molar-refractivity contribution in [1.29, 1.82) is 5.41 Å². The molecule has 0 saturated carbocycles. The third-order valence-electron chi connectivity index (χ3n) is 1.87. The van der Waals surface area contributed by atoms with E-state index in [2.05, 4.69) is 9.84 Å². The predicted octanol–water partition coefficient (Wildman–Crippen LogP) is 1.98. The van der Waals surface area contributed by atoms with Crippen LogP contribution in [0.3, 0.4) is 0 Å². The molecule has 0 bridgehead atoms. The molecule has 1 heterocycles. The van der Waals surface area contributed by atoms with Gasteiger partial charge in [-0.1, -0.05) is 0 Å². The molecule has 1 aromatic rings. The first-order valence-corrected chi connectivity index (χ1v) is 4.16. The molecular formula is C8H10F3N3O. The summed E-state index contributed by atoms with van der Waals surface area (Å²) in [5.74, 6) is -0.0516. The number of nitrogens with zero attached hydrogens (tertiary/aromatic N) is 1. The van der Waals surface area contributed by atoms with E-state index in [1.807, 2.05) is 5.10 Å². The van der Waals surface area contributed by atoms with Gasteiger partial charge in [-0.3, -0.25) is 10.5 Å². The molecule has 0 unspecified atom stereocenters. The molecule has 7 heteroatoms. The van der Waals surface area contributed by atoms with Crippen LogP contribution >= 0.6 is 0 Å². The minimum absolute atomic E-state index is 0.0456. The van der Waals surface area contributed by atoms with Crippen LogP contribution in [0.5, 0.6) is 0 Å². The number of hydrogen-bond donors (Lipinski definition) is 2. The summed E-state index contributed by atoms with van der Waals surface area (Å²) in [5.41, 5.74) is -0.810. The van der Waals surface area contributed by atoms with Crippen molar-refractivity contribution in [2.45, 2.75) is 19.0 Å². The normalized spacial score (nSPS) is 11.5. The summed E-state index contributed by atoms with van der Waals surface area (Å²) < 4.78 is 41.5. The van der Waals surface area contributed by atoms with E-state index in [4.69, 9.17) is 5.41 Å². The van der Waals surface area contributed by atoms with Crippen LogP contribution in [0.1, 0.15) is 17.7 Å². The van der Waals surface area contributed by atoms with Crippen molar-refractivity contribution in [1.82, 2.24) is 10.2 Å². The summed E-state index contributed by atoms with van der Waals surface area (Å²) in [7, 11) is 1.31. The van der Waals surface area contributed by atoms with Crippen molar-refractivity contribution in [2.24, 2.45) is 0 Å². The lowest BCUT2D eigenvalue weighted by Crippen LogP contribution is -2.10. The first-order chi connectivity index (χ1) is 6.95. The van der Waals surface area contributed by atoms with Gasteiger partial charge in [-0.15, -0.1) is 0 Å². The highest BCUT2D eigenvalue weighted by Crippen LogP contribution is 2.30. The molecular weight excluding hydrogens is 211 g/mol. The van der Waals surface area contributed by atoms with Gasteiger partial charge in [-0.05, 0) is 6.42 Å². The van der Waals surface area contributed by atoms with E-state index in [9.17, 15) is 13.2 Å². The maximum absolute atomic E-state index is 12.3. The molecule has 0 atom stereocenters. The molecule has 0 saturated heterocycles. The first-order valence-electron chi connectivity index (χ1n) is 4.16. The molecule has 0 aliphatic heterocycles. The molecule has 1 aromatic heterocycles. The molecule has 15 heavy (non-hydrogen) atoms. The summed E-state index contributed by atoms with van der Waals surface area (Å²) in [6.45, 7) is 0. The minimum Gasteiger partial charge on any atom is -0.484 e. The second-order valence-corrected chi connectivity index (χ2v) is 2.90. The summed E-state index contributed by atoms with van der Waals surface area (Å²) in [6, 6.07) is 0. The highest BCUT2D eigenvalue weighted by atomic mass is 19.4. The summed E-state index contributed by atoms with van der Waals surface area (Å²) in [6.07, 6.45) is -3.11. The van der Waals surface area contributed by atoms with Gasteiger partial charge in [0.15, 0.2) is 5.90 Å². The number of ether oxygens (including phenoxy) is 1. The van der Waals surface area contributed by atoms with E-state index < -0.39 is 11.9 Å². The lowest BCUT2D eigenvalue weighted by atomic mass is 10.1. The number of aryl methyl sites for hydroxylation is 1. The third kappa shape index (κ3) is 2.97. The Balaban J connectivity index is 2.70. The molecule has 1 rings (SSSR count). The zero-order chi connectivity index (χ0) is 11.5. The van der Waals surface area contributed by atoms with Crippen molar-refractivity contribution in [3.8, 4) is 0 Å². The molecule has 0 aliphatic rings. The minimum atomic E-state index is -4.43. The number of alkyl halides is 3. The molecule has 0 spiro atoms. The smallest absolute Gasteiger partial charge is 0.433 e. The molecule has 2 N–H and O–H groups in total. The Hall–Kier alpha value is -1.53. The number of hydrogen-bond acceptors (Lipinski definition) is 3. The highest BCUT2D eigenvalue weighted by molar-refractivity contribution is 5.72. The van der Waals surface area contributed by atoms with Crippen LogP contribution < -0.4 is 0 Å². The number of nitrogens with one attached hydrogen (secondary N) is 2. The monoisotopic (exact) mass is 221 g/mol. The van der Waals surface area contributed by atoms with Gasteiger partial charge in [-0.2, -0.15) is 18.3 Å². The van der Waals surface area contributed by atoms with Gasteiger partial charge in [0.1, 0.15) is 5.69 Å². The summed E-state index contributed by atoms with van der Waals surface area (Å²) in [4.78, 5) is 0. The summed E-state index contributed by atoms with van der Waals surface area (Å²) >= 11 is 0. The van der Waals surface area contributed by atoms with Crippen molar-refractivity contribution in [3.05, 3.63) is 17.5 Å². The second-order valence-electron chi connectivity index (χ2n) is 2.90. The van der Waals surface area contributed by atoms with Crippen molar-refractivity contribution >= 4 is 5.90 Å². The zero-order valence-electron chi connectivity index (χ0n) is 7.98. The third-order valence-corrected chi connectivity index (χ3v) is 1.87. The Labute approximate surface area is 83.9 Å². The van der Waals surface area contributed by atoms with Crippen molar-refractivity contribution in [2.75, 3.05) is 7.11 Å². The van der Waals surface area contributed by atoms with E-state index in [-0.39, 0.29) is 24.3 Å². The fourth-order valence-corrected chi connectivity index (χ4v) is 1.10. The van der Waals surface area contributed by atoms with Gasteiger partial charge in [-0.25, -0.2) is 0 Å². The van der Waals surface area contributed by atoms with E-state index >= 15 is 0 Å². The van der Waals surface area contributed by atoms with Gasteiger partial charge >= 0.3 is 6.18 Å². The number of halogens is 3. The van der Waals surface area contributed by atoms with Crippen LogP contribution in [0.15, 0.2) is 6.20 Å². The van der Waals surface area contributed by atoms with E-state index in [0.717, 1.165) is 6.20 Å². The van der Waals surface area contributed by atoms with Crippen molar-refractivity contribution < 1.29 is 17.9 Å². The predicted molar refractivity (Wildman–Crippen MR) is 46.6 cm³/mol. The number of aromatic amines is 1. The molecule has 84 valence electrons. The average Bonchev–Trinajstić information content (AvgIpc) is 2.61. The van der Waals surface area contributed by atoms with Gasteiger partial charge < -0.3 is 4.74 Å². The quantitative estimate of drug-likeness (QED) is 0.605. The lowest BCUT2D eigenvalue weighted by molar-refractivity contribution is -0.141. The van der Waals surface area contributed by atoms with Gasteiger partial charge in [0.2, 0.25) is 0 Å². The van der Waals surface area contributed by atoms with Gasteiger partial charge in [0, 0.05) is 12.0 Å². The molecule has 4 nitrogen and oxygen atoms in total. The largest absolute Gasteiger partial charge is 0.484 e. The Morgan fingerprint density at radius 3 is 2.80 bits per heavy atom. The summed E-state index contributed by atoms with van der Waals surface area (Å²) in [5, 5.41) is 12.4. The molecule has 0 fully saturated rings. The van der Waals surface area contributed by atoms with Gasteiger partial charge in [0.05, 0.1) is 13.3 Å². The van der Waals surface area contributed by atoms with E-state index in [1.54, 1.807) is 0 Å².